The van der Waals surface area contributed by atoms with Crippen LogP contribution in [0.5, 0.6) is 0 Å². The third-order valence-electron chi connectivity index (χ3n) is 2.85. The molecular formula is C15H12ClFN2. The molecule has 0 fully saturated rings. The fourth-order valence-corrected chi connectivity index (χ4v) is 2.05. The van der Waals surface area contributed by atoms with Crippen LogP contribution in [0.4, 0.5) is 10.1 Å². The maximum atomic E-state index is 13.5. The first-order chi connectivity index (χ1) is 9.11. The summed E-state index contributed by atoms with van der Waals surface area (Å²) in [6.07, 6.45) is 0. The smallest absolute Gasteiger partial charge is 0.143 e. The molecule has 0 amide bonds. The summed E-state index contributed by atoms with van der Waals surface area (Å²) in [5.74, 6) is -0.522. The highest BCUT2D eigenvalue weighted by Crippen LogP contribution is 2.25. The number of anilines is 1. The van der Waals surface area contributed by atoms with Crippen LogP contribution in [0.25, 0.3) is 0 Å². The lowest BCUT2D eigenvalue weighted by Crippen LogP contribution is -2.08. The summed E-state index contributed by atoms with van der Waals surface area (Å²) in [4.78, 5) is 0. The molecule has 0 saturated carbocycles. The molecule has 1 unspecified atom stereocenters. The number of rotatable bonds is 3. The van der Waals surface area contributed by atoms with Crippen molar-refractivity contribution in [2.45, 2.75) is 13.0 Å². The van der Waals surface area contributed by atoms with Crippen molar-refractivity contribution in [3.05, 3.63) is 64.4 Å². The second kappa shape index (κ2) is 5.73. The van der Waals surface area contributed by atoms with Crippen molar-refractivity contribution in [2.24, 2.45) is 0 Å². The summed E-state index contributed by atoms with van der Waals surface area (Å²) < 4.78 is 13.5. The molecule has 19 heavy (non-hydrogen) atoms. The van der Waals surface area contributed by atoms with Crippen LogP contribution in [0, 0.1) is 17.1 Å². The van der Waals surface area contributed by atoms with Gasteiger partial charge in [0.1, 0.15) is 17.4 Å². The summed E-state index contributed by atoms with van der Waals surface area (Å²) in [7, 11) is 0. The van der Waals surface area contributed by atoms with Crippen molar-refractivity contribution >= 4 is 17.3 Å². The molecule has 0 aliphatic rings. The quantitative estimate of drug-likeness (QED) is 0.893. The SMILES string of the molecule is CC(Nc1cccc(F)c1C#N)c1cccc(Cl)c1. The Hall–Kier alpha value is -2.05. The van der Waals surface area contributed by atoms with E-state index < -0.39 is 5.82 Å². The zero-order valence-electron chi connectivity index (χ0n) is 10.3. The van der Waals surface area contributed by atoms with E-state index in [1.165, 1.54) is 6.07 Å². The highest BCUT2D eigenvalue weighted by atomic mass is 35.5. The number of hydrogen-bond acceptors (Lipinski definition) is 2. The van der Waals surface area contributed by atoms with E-state index >= 15 is 0 Å². The highest BCUT2D eigenvalue weighted by Gasteiger charge is 2.11. The molecule has 1 N–H and O–H groups in total. The maximum absolute atomic E-state index is 13.5. The monoisotopic (exact) mass is 274 g/mol. The van der Waals surface area contributed by atoms with Crippen molar-refractivity contribution < 1.29 is 4.39 Å². The Morgan fingerprint density at radius 1 is 1.26 bits per heavy atom. The fourth-order valence-electron chi connectivity index (χ4n) is 1.85. The predicted octanol–water partition coefficient (Wildman–Crippen LogP) is 4.52. The zero-order valence-corrected chi connectivity index (χ0v) is 11.1. The highest BCUT2D eigenvalue weighted by molar-refractivity contribution is 6.30. The molecule has 0 spiro atoms. The van der Waals surface area contributed by atoms with Gasteiger partial charge in [-0.1, -0.05) is 29.8 Å². The van der Waals surface area contributed by atoms with Crippen LogP contribution >= 0.6 is 11.6 Å². The minimum absolute atomic E-state index is 0.0244. The van der Waals surface area contributed by atoms with Crippen molar-refractivity contribution in [3.63, 3.8) is 0 Å². The average molecular weight is 275 g/mol. The van der Waals surface area contributed by atoms with E-state index in [0.717, 1.165) is 5.56 Å². The van der Waals surface area contributed by atoms with E-state index in [2.05, 4.69) is 5.32 Å². The Bertz CT molecular complexity index is 634. The first kappa shape index (κ1) is 13.4. The Morgan fingerprint density at radius 2 is 2.00 bits per heavy atom. The molecule has 96 valence electrons. The molecule has 0 saturated heterocycles. The summed E-state index contributed by atoms with van der Waals surface area (Å²) in [6.45, 7) is 1.93. The van der Waals surface area contributed by atoms with E-state index in [4.69, 9.17) is 16.9 Å². The topological polar surface area (TPSA) is 35.8 Å². The number of nitrogens with zero attached hydrogens (tertiary/aromatic N) is 1. The zero-order chi connectivity index (χ0) is 13.8. The molecule has 2 nitrogen and oxygen atoms in total. The molecule has 2 aromatic rings. The van der Waals surface area contributed by atoms with E-state index in [0.29, 0.717) is 10.7 Å². The number of halogens is 2. The van der Waals surface area contributed by atoms with Gasteiger partial charge in [-0.3, -0.25) is 0 Å². The lowest BCUT2D eigenvalue weighted by Gasteiger charge is -2.17. The normalized spacial score (nSPS) is 11.7. The minimum atomic E-state index is -0.522. The molecule has 4 heteroatoms. The van der Waals surface area contributed by atoms with Gasteiger partial charge in [0, 0.05) is 11.1 Å². The standard InChI is InChI=1S/C15H12ClFN2/c1-10(11-4-2-5-12(16)8-11)19-15-7-3-6-14(17)13(15)9-18/h2-8,10,19H,1H3. The van der Waals surface area contributed by atoms with E-state index in [1.807, 2.05) is 31.2 Å². The van der Waals surface area contributed by atoms with Gasteiger partial charge in [0.25, 0.3) is 0 Å². The molecule has 1 atom stereocenters. The van der Waals surface area contributed by atoms with E-state index in [-0.39, 0.29) is 11.6 Å². The van der Waals surface area contributed by atoms with Crippen LogP contribution in [0.2, 0.25) is 5.02 Å². The van der Waals surface area contributed by atoms with Gasteiger partial charge in [-0.2, -0.15) is 5.26 Å². The number of nitrogens with one attached hydrogen (secondary N) is 1. The molecule has 2 rings (SSSR count). The Balaban J connectivity index is 2.27. The van der Waals surface area contributed by atoms with E-state index in [1.54, 1.807) is 18.2 Å². The summed E-state index contributed by atoms with van der Waals surface area (Å²) in [5.41, 5.74) is 1.48. The number of nitriles is 1. The minimum Gasteiger partial charge on any atom is -0.377 e. The van der Waals surface area contributed by atoms with Crippen molar-refractivity contribution in [1.82, 2.24) is 0 Å². The van der Waals surface area contributed by atoms with Gasteiger partial charge < -0.3 is 5.32 Å². The second-order valence-corrected chi connectivity index (χ2v) is 4.63. The van der Waals surface area contributed by atoms with Gasteiger partial charge in [-0.25, -0.2) is 4.39 Å². The molecule has 0 aliphatic heterocycles. The van der Waals surface area contributed by atoms with Crippen molar-refractivity contribution in [3.8, 4) is 6.07 Å². The van der Waals surface area contributed by atoms with Gasteiger partial charge in [-0.15, -0.1) is 0 Å². The third kappa shape index (κ3) is 3.04. The first-order valence-corrected chi connectivity index (χ1v) is 6.20. The molecule has 0 bridgehead atoms. The fraction of sp³-hybridized carbons (Fsp3) is 0.133. The van der Waals surface area contributed by atoms with E-state index in [9.17, 15) is 4.39 Å². The molecule has 2 aromatic carbocycles. The van der Waals surface area contributed by atoms with Gasteiger partial charge >= 0.3 is 0 Å². The Labute approximate surface area is 116 Å². The van der Waals surface area contributed by atoms with Crippen LogP contribution in [0.1, 0.15) is 24.1 Å². The molecule has 0 heterocycles. The summed E-state index contributed by atoms with van der Waals surface area (Å²) >= 11 is 5.94. The number of hydrogen-bond donors (Lipinski definition) is 1. The Morgan fingerprint density at radius 3 is 2.68 bits per heavy atom. The van der Waals surface area contributed by atoms with Crippen LogP contribution in [-0.4, -0.2) is 0 Å². The molecule has 0 aliphatic carbocycles. The van der Waals surface area contributed by atoms with Gasteiger partial charge in [0.15, 0.2) is 0 Å². The summed E-state index contributed by atoms with van der Waals surface area (Å²) in [5, 5.41) is 12.7. The second-order valence-electron chi connectivity index (χ2n) is 4.20. The summed E-state index contributed by atoms with van der Waals surface area (Å²) in [6, 6.07) is 13.7. The van der Waals surface area contributed by atoms with Crippen molar-refractivity contribution in [1.29, 1.82) is 5.26 Å². The number of benzene rings is 2. The maximum Gasteiger partial charge on any atom is 0.143 e. The van der Waals surface area contributed by atoms with Crippen LogP contribution in [-0.2, 0) is 0 Å². The average Bonchev–Trinajstić information content (AvgIpc) is 2.39. The van der Waals surface area contributed by atoms with Gasteiger partial charge in [0.05, 0.1) is 5.69 Å². The predicted molar refractivity (Wildman–Crippen MR) is 74.6 cm³/mol. The molecular weight excluding hydrogens is 263 g/mol. The van der Waals surface area contributed by atoms with Crippen molar-refractivity contribution in [2.75, 3.05) is 5.32 Å². The molecule has 0 radical (unpaired) electrons. The van der Waals surface area contributed by atoms with Crippen LogP contribution < -0.4 is 5.32 Å². The van der Waals surface area contributed by atoms with Crippen LogP contribution in [0.15, 0.2) is 42.5 Å². The van der Waals surface area contributed by atoms with Crippen LogP contribution in [0.3, 0.4) is 0 Å². The van der Waals surface area contributed by atoms with Gasteiger partial charge in [-0.05, 0) is 36.8 Å². The largest absolute Gasteiger partial charge is 0.377 e. The van der Waals surface area contributed by atoms with Gasteiger partial charge in [0.2, 0.25) is 0 Å². The Kier molecular flexibility index (Phi) is 4.03. The third-order valence-corrected chi connectivity index (χ3v) is 3.08. The first-order valence-electron chi connectivity index (χ1n) is 5.82. The molecule has 0 aromatic heterocycles. The lowest BCUT2D eigenvalue weighted by molar-refractivity contribution is 0.624. The lowest BCUT2D eigenvalue weighted by atomic mass is 10.1.